The summed E-state index contributed by atoms with van der Waals surface area (Å²) in [5.74, 6) is 0.445. The predicted octanol–water partition coefficient (Wildman–Crippen LogP) is 7.47. The lowest BCUT2D eigenvalue weighted by molar-refractivity contribution is 0.238. The number of benzene rings is 5. The van der Waals surface area contributed by atoms with Gasteiger partial charge in [-0.15, -0.1) is 0 Å². The SMILES string of the molecule is CN(C)C(c1ccccc1P(c1ccccc1)c1ccccc1)[C@H]1CCC=C1P(c1ccccc1)c1ccccc1. The highest BCUT2D eigenvalue weighted by Gasteiger charge is 2.37. The van der Waals surface area contributed by atoms with E-state index >= 15 is 0 Å². The molecule has 1 aliphatic carbocycles. The molecule has 1 aliphatic rings. The summed E-state index contributed by atoms with van der Waals surface area (Å²) >= 11 is 0. The summed E-state index contributed by atoms with van der Waals surface area (Å²) in [6.45, 7) is 0. The summed E-state index contributed by atoms with van der Waals surface area (Å²) in [5, 5.41) is 8.76. The van der Waals surface area contributed by atoms with Gasteiger partial charge in [-0.1, -0.05) is 152 Å². The number of hydrogen-bond acceptors (Lipinski definition) is 1. The second kappa shape index (κ2) is 13.1. The summed E-state index contributed by atoms with van der Waals surface area (Å²) < 4.78 is 0. The van der Waals surface area contributed by atoms with Crippen molar-refractivity contribution >= 4 is 42.4 Å². The van der Waals surface area contributed by atoms with Crippen molar-refractivity contribution in [1.82, 2.24) is 4.90 Å². The number of nitrogens with zero attached hydrogens (tertiary/aromatic N) is 1. The smallest absolute Gasteiger partial charge is 0.0417 e. The highest BCUT2D eigenvalue weighted by molar-refractivity contribution is 7.80. The molecule has 3 heteroatoms. The van der Waals surface area contributed by atoms with E-state index in [2.05, 4.69) is 171 Å². The van der Waals surface area contributed by atoms with E-state index in [-0.39, 0.29) is 6.04 Å². The molecule has 0 N–H and O–H groups in total. The van der Waals surface area contributed by atoms with Gasteiger partial charge in [0.05, 0.1) is 0 Å². The molecular weight excluding hydrogens is 532 g/mol. The van der Waals surface area contributed by atoms with Crippen molar-refractivity contribution in [2.45, 2.75) is 18.9 Å². The highest BCUT2D eigenvalue weighted by Crippen LogP contribution is 2.55. The monoisotopic (exact) mass is 569 g/mol. The second-order valence-corrected chi connectivity index (χ2v) is 15.2. The Balaban J connectivity index is 1.48. The van der Waals surface area contributed by atoms with E-state index < -0.39 is 15.8 Å². The molecule has 0 saturated heterocycles. The van der Waals surface area contributed by atoms with Gasteiger partial charge in [-0.05, 0) is 80.2 Å². The Morgan fingerprint density at radius 3 is 1.41 bits per heavy atom. The molecule has 0 saturated carbocycles. The van der Waals surface area contributed by atoms with Crippen LogP contribution in [0.2, 0.25) is 0 Å². The van der Waals surface area contributed by atoms with Gasteiger partial charge in [0.25, 0.3) is 0 Å². The van der Waals surface area contributed by atoms with E-state index in [9.17, 15) is 0 Å². The zero-order valence-corrected chi connectivity index (χ0v) is 25.6. The van der Waals surface area contributed by atoms with E-state index in [4.69, 9.17) is 0 Å². The molecule has 0 heterocycles. The zero-order chi connectivity index (χ0) is 28.0. The molecule has 1 nitrogen and oxygen atoms in total. The molecule has 5 aromatic rings. The second-order valence-electron chi connectivity index (χ2n) is 10.8. The van der Waals surface area contributed by atoms with Crippen LogP contribution in [0.1, 0.15) is 24.4 Å². The maximum absolute atomic E-state index is 2.58. The topological polar surface area (TPSA) is 3.24 Å². The summed E-state index contributed by atoms with van der Waals surface area (Å²) in [6, 6.07) is 54.2. The van der Waals surface area contributed by atoms with Crippen molar-refractivity contribution in [3.63, 3.8) is 0 Å². The predicted molar refractivity (Wildman–Crippen MR) is 181 cm³/mol. The van der Waals surface area contributed by atoms with Gasteiger partial charge in [-0.25, -0.2) is 0 Å². The Bertz CT molecular complexity index is 1490. The largest absolute Gasteiger partial charge is 0.302 e. The van der Waals surface area contributed by atoms with Crippen LogP contribution in [-0.4, -0.2) is 19.0 Å². The standard InChI is InChI=1S/C38H37NP2/c1-39(2)38(35-27-17-29-37(35)41(32-22-11-5-12-23-32)33-24-13-6-14-25-33)34-26-15-16-28-36(34)40(30-18-7-3-8-19-30)31-20-9-4-10-21-31/h3-16,18-26,28-29,35,38H,17,27H2,1-2H3/t35-,38?/m0/s1. The molecule has 0 aliphatic heterocycles. The molecule has 0 spiro atoms. The Labute approximate surface area is 248 Å². The fourth-order valence-electron chi connectivity index (χ4n) is 6.27. The molecular formula is C38H37NP2. The molecule has 2 atom stereocenters. The van der Waals surface area contributed by atoms with Gasteiger partial charge in [0.2, 0.25) is 0 Å². The van der Waals surface area contributed by atoms with Crippen LogP contribution in [0, 0.1) is 5.92 Å². The van der Waals surface area contributed by atoms with Crippen molar-refractivity contribution in [3.8, 4) is 0 Å². The van der Waals surface area contributed by atoms with Crippen molar-refractivity contribution in [1.29, 1.82) is 0 Å². The molecule has 5 aromatic carbocycles. The van der Waals surface area contributed by atoms with E-state index in [0.29, 0.717) is 5.92 Å². The molecule has 6 rings (SSSR count). The number of hydrogen-bond donors (Lipinski definition) is 0. The maximum atomic E-state index is 2.58. The Kier molecular flexibility index (Phi) is 8.88. The van der Waals surface area contributed by atoms with Gasteiger partial charge in [0.1, 0.15) is 0 Å². The first-order valence-electron chi connectivity index (χ1n) is 14.5. The van der Waals surface area contributed by atoms with Gasteiger partial charge in [0, 0.05) is 12.0 Å². The molecule has 0 aromatic heterocycles. The van der Waals surface area contributed by atoms with Crippen molar-refractivity contribution < 1.29 is 0 Å². The van der Waals surface area contributed by atoms with E-state index in [1.807, 2.05) is 0 Å². The Morgan fingerprint density at radius 2 is 0.951 bits per heavy atom. The third-order valence-electron chi connectivity index (χ3n) is 7.96. The van der Waals surface area contributed by atoms with Gasteiger partial charge >= 0.3 is 0 Å². The minimum absolute atomic E-state index is 0.287. The molecule has 0 bridgehead atoms. The van der Waals surface area contributed by atoms with Crippen LogP contribution in [0.5, 0.6) is 0 Å². The fourth-order valence-corrected chi connectivity index (χ4v) is 11.5. The quantitative estimate of drug-likeness (QED) is 0.167. The minimum atomic E-state index is -0.696. The normalized spacial score (nSPS) is 15.8. The molecule has 0 amide bonds. The number of allylic oxidation sites excluding steroid dienone is 1. The van der Waals surface area contributed by atoms with E-state index in [1.165, 1.54) is 38.5 Å². The zero-order valence-electron chi connectivity index (χ0n) is 23.8. The lowest BCUT2D eigenvalue weighted by Crippen LogP contribution is -2.34. The van der Waals surface area contributed by atoms with Crippen LogP contribution in [0.4, 0.5) is 0 Å². The Morgan fingerprint density at radius 1 is 0.537 bits per heavy atom. The highest BCUT2D eigenvalue weighted by atomic mass is 31.1. The first-order chi connectivity index (χ1) is 20.2. The lowest BCUT2D eigenvalue weighted by Gasteiger charge is -2.37. The molecule has 204 valence electrons. The average Bonchev–Trinajstić information content (AvgIpc) is 3.49. The molecule has 0 fully saturated rings. The molecule has 0 radical (unpaired) electrons. The van der Waals surface area contributed by atoms with Gasteiger partial charge in [0.15, 0.2) is 0 Å². The lowest BCUT2D eigenvalue weighted by atomic mass is 9.91. The van der Waals surface area contributed by atoms with Crippen LogP contribution in [0.3, 0.4) is 0 Å². The maximum Gasteiger partial charge on any atom is 0.0417 e. The van der Waals surface area contributed by atoms with Crippen LogP contribution in [0.25, 0.3) is 0 Å². The molecule has 41 heavy (non-hydrogen) atoms. The minimum Gasteiger partial charge on any atom is -0.302 e. The van der Waals surface area contributed by atoms with Gasteiger partial charge in [-0.3, -0.25) is 0 Å². The summed E-state index contributed by atoms with van der Waals surface area (Å²) in [4.78, 5) is 2.48. The first-order valence-corrected chi connectivity index (χ1v) is 17.2. The van der Waals surface area contributed by atoms with Crippen LogP contribution < -0.4 is 26.5 Å². The third-order valence-corrected chi connectivity index (χ3v) is 13.1. The summed E-state index contributed by atoms with van der Waals surface area (Å²) in [5.41, 5.74) is 1.46. The summed E-state index contributed by atoms with van der Waals surface area (Å²) in [6.07, 6.45) is 4.89. The fraction of sp³-hybridized carbons (Fsp3) is 0.158. The average molecular weight is 570 g/mol. The van der Waals surface area contributed by atoms with Crippen molar-refractivity contribution in [3.05, 3.63) is 163 Å². The third kappa shape index (κ3) is 6.00. The van der Waals surface area contributed by atoms with Crippen molar-refractivity contribution in [2.24, 2.45) is 5.92 Å². The van der Waals surface area contributed by atoms with Gasteiger partial charge < -0.3 is 4.90 Å². The van der Waals surface area contributed by atoms with Crippen LogP contribution >= 0.6 is 15.8 Å². The van der Waals surface area contributed by atoms with Crippen LogP contribution in [-0.2, 0) is 0 Å². The number of rotatable bonds is 9. The first kappa shape index (κ1) is 27.8. The van der Waals surface area contributed by atoms with Crippen LogP contribution in [0.15, 0.2) is 157 Å². The van der Waals surface area contributed by atoms with E-state index in [0.717, 1.165) is 6.42 Å². The van der Waals surface area contributed by atoms with Crippen molar-refractivity contribution in [2.75, 3.05) is 14.1 Å². The summed E-state index contributed by atoms with van der Waals surface area (Å²) in [7, 11) is 3.24. The Hall–Kier alpha value is -3.34. The van der Waals surface area contributed by atoms with Gasteiger partial charge in [-0.2, -0.15) is 0 Å². The molecule has 1 unspecified atom stereocenters. The van der Waals surface area contributed by atoms with E-state index in [1.54, 1.807) is 5.31 Å².